The van der Waals surface area contributed by atoms with Crippen LogP contribution in [0.1, 0.15) is 24.0 Å². The van der Waals surface area contributed by atoms with Gasteiger partial charge < -0.3 is 15.2 Å². The molecule has 3 rings (SSSR count). The average molecular weight is 269 g/mol. The van der Waals surface area contributed by atoms with Crippen molar-refractivity contribution in [3.8, 4) is 17.2 Å². The van der Waals surface area contributed by atoms with Gasteiger partial charge in [0.2, 0.25) is 0 Å². The molecule has 0 bridgehead atoms. The fourth-order valence-electron chi connectivity index (χ4n) is 2.69. The number of methoxy groups -OCH3 is 1. The lowest BCUT2D eigenvalue weighted by Crippen LogP contribution is -2.02. The lowest BCUT2D eigenvalue weighted by Gasteiger charge is -2.17. The van der Waals surface area contributed by atoms with E-state index in [9.17, 15) is 0 Å². The van der Waals surface area contributed by atoms with Gasteiger partial charge in [-0.2, -0.15) is 0 Å². The molecule has 0 aromatic heterocycles. The van der Waals surface area contributed by atoms with Crippen LogP contribution in [0.3, 0.4) is 0 Å². The zero-order valence-corrected chi connectivity index (χ0v) is 11.7. The Bertz CT molecular complexity index is 622. The monoisotopic (exact) mass is 269 g/mol. The first-order chi connectivity index (χ1) is 9.78. The van der Waals surface area contributed by atoms with E-state index in [1.807, 2.05) is 24.3 Å². The summed E-state index contributed by atoms with van der Waals surface area (Å²) in [7, 11) is 1.61. The number of nitrogens with two attached hydrogens (primary N) is 1. The number of aryl methyl sites for hydroxylation is 2. The van der Waals surface area contributed by atoms with Crippen molar-refractivity contribution in [1.82, 2.24) is 0 Å². The molecule has 0 heterocycles. The standard InChI is InChI=1S/C17H19NO2/c1-19-15-7-4-8-16(17(15)18)20-14-10-9-12-5-2-3-6-13(12)11-14/h4,7-11H,2-3,5-6,18H2,1H3. The second kappa shape index (κ2) is 5.45. The number of fused-ring (bicyclic) bond motifs is 1. The van der Waals surface area contributed by atoms with Crippen molar-refractivity contribution in [1.29, 1.82) is 0 Å². The Labute approximate surface area is 119 Å². The molecule has 0 fully saturated rings. The summed E-state index contributed by atoms with van der Waals surface area (Å²) in [6.07, 6.45) is 4.87. The van der Waals surface area contributed by atoms with Crippen LogP contribution in [0.15, 0.2) is 36.4 Å². The van der Waals surface area contributed by atoms with E-state index in [0.29, 0.717) is 17.2 Å². The molecule has 104 valence electrons. The lowest BCUT2D eigenvalue weighted by molar-refractivity contribution is 0.412. The second-order valence-electron chi connectivity index (χ2n) is 5.11. The molecule has 2 aromatic carbocycles. The van der Waals surface area contributed by atoms with Gasteiger partial charge in [-0.3, -0.25) is 0 Å². The summed E-state index contributed by atoms with van der Waals surface area (Å²) < 4.78 is 11.1. The Hall–Kier alpha value is -2.16. The van der Waals surface area contributed by atoms with Crippen LogP contribution >= 0.6 is 0 Å². The second-order valence-corrected chi connectivity index (χ2v) is 5.11. The molecule has 3 heteroatoms. The molecule has 1 aliphatic carbocycles. The molecule has 0 unspecified atom stereocenters. The molecule has 0 spiro atoms. The molecule has 0 aliphatic heterocycles. The number of nitrogen functional groups attached to an aromatic ring is 1. The zero-order valence-electron chi connectivity index (χ0n) is 11.7. The predicted molar refractivity (Wildman–Crippen MR) is 80.6 cm³/mol. The van der Waals surface area contributed by atoms with Crippen molar-refractivity contribution in [2.75, 3.05) is 12.8 Å². The number of anilines is 1. The molecule has 0 atom stereocenters. The Morgan fingerprint density at radius 3 is 2.50 bits per heavy atom. The average Bonchev–Trinajstić information content (AvgIpc) is 2.49. The predicted octanol–water partition coefficient (Wildman–Crippen LogP) is 3.95. The van der Waals surface area contributed by atoms with Gasteiger partial charge in [0.1, 0.15) is 17.2 Å². The SMILES string of the molecule is COc1cccc(Oc2ccc3c(c2)CCCC3)c1N. The number of benzene rings is 2. The van der Waals surface area contributed by atoms with Gasteiger partial charge in [0, 0.05) is 0 Å². The van der Waals surface area contributed by atoms with E-state index < -0.39 is 0 Å². The van der Waals surface area contributed by atoms with Crippen molar-refractivity contribution in [3.63, 3.8) is 0 Å². The van der Waals surface area contributed by atoms with E-state index in [0.717, 1.165) is 12.2 Å². The number of rotatable bonds is 3. The number of hydrogen-bond donors (Lipinski definition) is 1. The lowest BCUT2D eigenvalue weighted by atomic mass is 9.92. The molecule has 0 radical (unpaired) electrons. The van der Waals surface area contributed by atoms with Gasteiger partial charge in [0.05, 0.1) is 7.11 Å². The minimum absolute atomic E-state index is 0.535. The largest absolute Gasteiger partial charge is 0.494 e. The van der Waals surface area contributed by atoms with Crippen LogP contribution in [0.5, 0.6) is 17.2 Å². The maximum atomic E-state index is 6.03. The minimum Gasteiger partial charge on any atom is -0.494 e. The van der Waals surface area contributed by atoms with Crippen LogP contribution in [0.25, 0.3) is 0 Å². The van der Waals surface area contributed by atoms with Gasteiger partial charge in [-0.1, -0.05) is 12.1 Å². The van der Waals surface area contributed by atoms with Gasteiger partial charge in [-0.15, -0.1) is 0 Å². The molecule has 20 heavy (non-hydrogen) atoms. The third-order valence-corrected chi connectivity index (χ3v) is 3.79. The number of hydrogen-bond acceptors (Lipinski definition) is 3. The Morgan fingerprint density at radius 2 is 1.70 bits per heavy atom. The first-order valence-corrected chi connectivity index (χ1v) is 7.00. The molecule has 2 N–H and O–H groups in total. The molecule has 3 nitrogen and oxygen atoms in total. The van der Waals surface area contributed by atoms with Crippen molar-refractivity contribution in [2.45, 2.75) is 25.7 Å². The number of para-hydroxylation sites is 1. The number of ether oxygens (including phenoxy) is 2. The molecular weight excluding hydrogens is 250 g/mol. The molecule has 0 amide bonds. The van der Waals surface area contributed by atoms with E-state index in [-0.39, 0.29) is 0 Å². The van der Waals surface area contributed by atoms with Gasteiger partial charge in [0.15, 0.2) is 5.75 Å². The first-order valence-electron chi connectivity index (χ1n) is 7.00. The summed E-state index contributed by atoms with van der Waals surface area (Å²) in [5, 5.41) is 0. The minimum atomic E-state index is 0.535. The first kappa shape index (κ1) is 12.9. The Balaban J connectivity index is 1.88. The fourth-order valence-corrected chi connectivity index (χ4v) is 2.69. The van der Waals surface area contributed by atoms with Crippen molar-refractivity contribution in [3.05, 3.63) is 47.5 Å². The normalized spacial score (nSPS) is 13.7. The van der Waals surface area contributed by atoms with E-state index >= 15 is 0 Å². The molecule has 0 saturated carbocycles. The van der Waals surface area contributed by atoms with Crippen LogP contribution in [-0.4, -0.2) is 7.11 Å². The molecular formula is C17H19NO2. The summed E-state index contributed by atoms with van der Waals surface area (Å²) in [6, 6.07) is 11.9. The Morgan fingerprint density at radius 1 is 0.950 bits per heavy atom. The van der Waals surface area contributed by atoms with Crippen molar-refractivity contribution < 1.29 is 9.47 Å². The maximum Gasteiger partial charge on any atom is 0.154 e. The third kappa shape index (κ3) is 2.44. The van der Waals surface area contributed by atoms with Gasteiger partial charge in [-0.25, -0.2) is 0 Å². The third-order valence-electron chi connectivity index (χ3n) is 3.79. The highest BCUT2D eigenvalue weighted by molar-refractivity contribution is 5.63. The van der Waals surface area contributed by atoms with Crippen LogP contribution in [-0.2, 0) is 12.8 Å². The summed E-state index contributed by atoms with van der Waals surface area (Å²) >= 11 is 0. The van der Waals surface area contributed by atoms with Crippen molar-refractivity contribution in [2.24, 2.45) is 0 Å². The summed E-state index contributed by atoms with van der Waals surface area (Å²) in [6.45, 7) is 0. The smallest absolute Gasteiger partial charge is 0.154 e. The highest BCUT2D eigenvalue weighted by Crippen LogP contribution is 2.35. The highest BCUT2D eigenvalue weighted by atomic mass is 16.5. The molecule has 2 aromatic rings. The Kier molecular flexibility index (Phi) is 3.50. The van der Waals surface area contributed by atoms with Gasteiger partial charge in [0.25, 0.3) is 0 Å². The van der Waals surface area contributed by atoms with Crippen molar-refractivity contribution >= 4 is 5.69 Å². The van der Waals surface area contributed by atoms with Crippen LogP contribution in [0.4, 0.5) is 5.69 Å². The van der Waals surface area contributed by atoms with E-state index in [1.54, 1.807) is 7.11 Å². The van der Waals surface area contributed by atoms with Crippen LogP contribution < -0.4 is 15.2 Å². The summed E-state index contributed by atoms with van der Waals surface area (Å²) in [5.74, 6) is 2.12. The maximum absolute atomic E-state index is 6.03. The van der Waals surface area contributed by atoms with Gasteiger partial charge >= 0.3 is 0 Å². The summed E-state index contributed by atoms with van der Waals surface area (Å²) in [5.41, 5.74) is 9.41. The summed E-state index contributed by atoms with van der Waals surface area (Å²) in [4.78, 5) is 0. The van der Waals surface area contributed by atoms with Gasteiger partial charge in [-0.05, 0) is 61.1 Å². The highest BCUT2D eigenvalue weighted by Gasteiger charge is 2.12. The van der Waals surface area contributed by atoms with E-state index in [1.165, 1.54) is 30.4 Å². The van der Waals surface area contributed by atoms with Crippen LogP contribution in [0.2, 0.25) is 0 Å². The van der Waals surface area contributed by atoms with Crippen LogP contribution in [0, 0.1) is 0 Å². The van der Waals surface area contributed by atoms with E-state index in [4.69, 9.17) is 15.2 Å². The quantitative estimate of drug-likeness (QED) is 0.858. The fraction of sp³-hybridized carbons (Fsp3) is 0.294. The molecule has 1 aliphatic rings. The zero-order chi connectivity index (χ0) is 13.9. The molecule has 0 saturated heterocycles. The topological polar surface area (TPSA) is 44.5 Å². The van der Waals surface area contributed by atoms with E-state index in [2.05, 4.69) is 12.1 Å².